The van der Waals surface area contributed by atoms with E-state index in [-0.39, 0.29) is 36.1 Å². The fraction of sp³-hybridized carbons (Fsp3) is 0.500. The Bertz CT molecular complexity index is 559. The molecule has 2 saturated carbocycles. The summed E-state index contributed by atoms with van der Waals surface area (Å²) >= 11 is 0. The van der Waals surface area contributed by atoms with Gasteiger partial charge >= 0.3 is 0 Å². The summed E-state index contributed by atoms with van der Waals surface area (Å²) in [5.41, 5.74) is 7.47. The Kier molecular flexibility index (Phi) is 4.69. The minimum atomic E-state index is -0.0743. The number of hydrogen-bond acceptors (Lipinski definition) is 3. The molecule has 0 aliphatic heterocycles. The van der Waals surface area contributed by atoms with Gasteiger partial charge in [-0.25, -0.2) is 0 Å². The Morgan fingerprint density at radius 2 is 1.95 bits per heavy atom. The molecule has 0 heterocycles. The molecule has 2 fully saturated rings. The van der Waals surface area contributed by atoms with Crippen LogP contribution in [0.15, 0.2) is 24.3 Å². The van der Waals surface area contributed by atoms with Crippen molar-refractivity contribution >= 4 is 29.8 Å². The van der Waals surface area contributed by atoms with Crippen molar-refractivity contribution in [3.05, 3.63) is 29.8 Å². The third kappa shape index (κ3) is 2.97. The molecule has 2 aliphatic rings. The minimum absolute atomic E-state index is 0. The smallest absolute Gasteiger partial charge is 0.229 e. The monoisotopic (exact) mass is 308 g/mol. The number of nitrogens with one attached hydrogen (secondary N) is 1. The molecule has 0 aromatic heterocycles. The van der Waals surface area contributed by atoms with Crippen molar-refractivity contribution in [3.8, 4) is 0 Å². The molecular weight excluding hydrogens is 288 g/mol. The fourth-order valence-corrected chi connectivity index (χ4v) is 3.77. The lowest BCUT2D eigenvalue weighted by molar-refractivity contribution is -0.121. The largest absolute Gasteiger partial charge is 0.327 e. The number of carbonyl (C=O) groups excluding carboxylic acids is 2. The predicted octanol–water partition coefficient (Wildman–Crippen LogP) is 2.62. The van der Waals surface area contributed by atoms with E-state index in [0.29, 0.717) is 23.1 Å². The molecule has 2 bridgehead atoms. The van der Waals surface area contributed by atoms with Gasteiger partial charge < -0.3 is 11.1 Å². The maximum atomic E-state index is 12.4. The van der Waals surface area contributed by atoms with Gasteiger partial charge in [0.05, 0.1) is 5.92 Å². The van der Waals surface area contributed by atoms with E-state index in [4.69, 9.17) is 5.73 Å². The Hall–Kier alpha value is -1.39. The molecule has 4 atom stereocenters. The number of nitrogens with two attached hydrogens (primary N) is 1. The van der Waals surface area contributed by atoms with E-state index in [9.17, 15) is 9.59 Å². The highest BCUT2D eigenvalue weighted by Gasteiger charge is 2.49. The molecule has 2 aliphatic carbocycles. The van der Waals surface area contributed by atoms with Crippen molar-refractivity contribution in [2.24, 2.45) is 23.5 Å². The van der Waals surface area contributed by atoms with Crippen molar-refractivity contribution in [2.75, 3.05) is 5.32 Å². The van der Waals surface area contributed by atoms with Crippen LogP contribution in [0.2, 0.25) is 0 Å². The number of hydrogen-bond donors (Lipinski definition) is 2. The number of rotatable bonds is 3. The average Bonchev–Trinajstić information content (AvgIpc) is 2.99. The minimum Gasteiger partial charge on any atom is -0.327 e. The third-order valence-electron chi connectivity index (χ3n) is 4.82. The van der Waals surface area contributed by atoms with E-state index in [2.05, 4.69) is 5.32 Å². The molecule has 0 saturated heterocycles. The zero-order valence-corrected chi connectivity index (χ0v) is 12.9. The summed E-state index contributed by atoms with van der Waals surface area (Å²) in [5.74, 6) is 0.878. The number of benzene rings is 1. The highest BCUT2D eigenvalue weighted by atomic mass is 35.5. The first-order chi connectivity index (χ1) is 9.56. The maximum Gasteiger partial charge on any atom is 0.229 e. The molecule has 4 unspecified atom stereocenters. The van der Waals surface area contributed by atoms with Crippen molar-refractivity contribution < 1.29 is 9.59 Å². The standard InChI is InChI=1S/C16H20N2O2.ClH/c1-9(19)10-3-2-4-13(8-10)18-16(20)14-11-5-6-12(7-11)15(14)17;/h2-4,8,11-12,14-15H,5-7,17H2,1H3,(H,18,20);1H. The first-order valence-electron chi connectivity index (χ1n) is 7.23. The second-order valence-corrected chi connectivity index (χ2v) is 6.06. The predicted molar refractivity (Wildman–Crippen MR) is 84.6 cm³/mol. The molecular formula is C16H21ClN2O2. The topological polar surface area (TPSA) is 72.2 Å². The summed E-state index contributed by atoms with van der Waals surface area (Å²) in [6.45, 7) is 1.52. The van der Waals surface area contributed by atoms with Crippen LogP contribution in [0.4, 0.5) is 5.69 Å². The van der Waals surface area contributed by atoms with E-state index in [1.807, 2.05) is 6.07 Å². The zero-order valence-electron chi connectivity index (χ0n) is 12.0. The van der Waals surface area contributed by atoms with Gasteiger partial charge in [-0.15, -0.1) is 12.4 Å². The quantitative estimate of drug-likeness (QED) is 0.843. The van der Waals surface area contributed by atoms with Crippen LogP contribution in [0.3, 0.4) is 0 Å². The van der Waals surface area contributed by atoms with Gasteiger partial charge in [-0.1, -0.05) is 12.1 Å². The van der Waals surface area contributed by atoms with E-state index >= 15 is 0 Å². The summed E-state index contributed by atoms with van der Waals surface area (Å²) in [7, 11) is 0. The number of fused-ring (bicyclic) bond motifs is 2. The summed E-state index contributed by atoms with van der Waals surface area (Å²) in [4.78, 5) is 23.8. The summed E-state index contributed by atoms with van der Waals surface area (Å²) in [6.07, 6.45) is 3.37. The molecule has 5 heteroatoms. The van der Waals surface area contributed by atoms with Crippen LogP contribution in [-0.4, -0.2) is 17.7 Å². The highest BCUT2D eigenvalue weighted by molar-refractivity contribution is 5.98. The van der Waals surface area contributed by atoms with Gasteiger partial charge in [-0.2, -0.15) is 0 Å². The fourth-order valence-electron chi connectivity index (χ4n) is 3.77. The van der Waals surface area contributed by atoms with Crippen molar-refractivity contribution in [3.63, 3.8) is 0 Å². The van der Waals surface area contributed by atoms with Crippen molar-refractivity contribution in [1.82, 2.24) is 0 Å². The zero-order chi connectivity index (χ0) is 14.3. The second-order valence-electron chi connectivity index (χ2n) is 6.06. The van der Waals surface area contributed by atoms with Gasteiger partial charge in [-0.05, 0) is 50.2 Å². The lowest BCUT2D eigenvalue weighted by atomic mass is 9.84. The molecule has 1 aromatic carbocycles. The van der Waals surface area contributed by atoms with Crippen LogP contribution in [0, 0.1) is 17.8 Å². The molecule has 0 spiro atoms. The lowest BCUT2D eigenvalue weighted by Crippen LogP contribution is -2.42. The van der Waals surface area contributed by atoms with E-state index < -0.39 is 0 Å². The van der Waals surface area contributed by atoms with Gasteiger partial charge in [0.15, 0.2) is 5.78 Å². The van der Waals surface area contributed by atoms with Crippen molar-refractivity contribution in [1.29, 1.82) is 0 Å². The average molecular weight is 309 g/mol. The summed E-state index contributed by atoms with van der Waals surface area (Å²) in [6, 6.07) is 7.06. The Labute approximate surface area is 130 Å². The van der Waals surface area contributed by atoms with Crippen LogP contribution >= 0.6 is 12.4 Å². The molecule has 3 N–H and O–H groups in total. The maximum absolute atomic E-state index is 12.4. The molecule has 3 rings (SSSR count). The summed E-state index contributed by atoms with van der Waals surface area (Å²) < 4.78 is 0. The van der Waals surface area contributed by atoms with Gasteiger partial charge in [0.2, 0.25) is 5.91 Å². The van der Waals surface area contributed by atoms with E-state index in [0.717, 1.165) is 19.3 Å². The second kappa shape index (κ2) is 6.16. The van der Waals surface area contributed by atoms with Crippen LogP contribution in [0.25, 0.3) is 0 Å². The first-order valence-corrected chi connectivity index (χ1v) is 7.23. The van der Waals surface area contributed by atoms with E-state index in [1.54, 1.807) is 18.2 Å². The van der Waals surface area contributed by atoms with Gasteiger partial charge in [0, 0.05) is 17.3 Å². The van der Waals surface area contributed by atoms with Gasteiger partial charge in [-0.3, -0.25) is 9.59 Å². The number of ketones is 1. The number of Topliss-reactive ketones (excluding diaryl/α,β-unsaturated/α-hetero) is 1. The van der Waals surface area contributed by atoms with Crippen LogP contribution in [0.5, 0.6) is 0 Å². The van der Waals surface area contributed by atoms with Gasteiger partial charge in [0.1, 0.15) is 0 Å². The first kappa shape index (κ1) is 16.0. The molecule has 4 nitrogen and oxygen atoms in total. The Morgan fingerprint density at radius 1 is 1.24 bits per heavy atom. The normalized spacial score (nSPS) is 29.8. The van der Waals surface area contributed by atoms with Crippen LogP contribution in [-0.2, 0) is 4.79 Å². The molecule has 21 heavy (non-hydrogen) atoms. The number of carbonyl (C=O) groups is 2. The van der Waals surface area contributed by atoms with Crippen LogP contribution in [0.1, 0.15) is 36.5 Å². The Balaban J connectivity index is 0.00000161. The number of anilines is 1. The van der Waals surface area contributed by atoms with Gasteiger partial charge in [0.25, 0.3) is 0 Å². The molecule has 0 radical (unpaired) electrons. The number of halogens is 1. The van der Waals surface area contributed by atoms with Crippen molar-refractivity contribution in [2.45, 2.75) is 32.2 Å². The Morgan fingerprint density at radius 3 is 2.57 bits per heavy atom. The highest BCUT2D eigenvalue weighted by Crippen LogP contribution is 2.47. The van der Waals surface area contributed by atoms with Crippen LogP contribution < -0.4 is 11.1 Å². The third-order valence-corrected chi connectivity index (χ3v) is 4.82. The molecule has 1 aromatic rings. The molecule has 1 amide bonds. The summed E-state index contributed by atoms with van der Waals surface area (Å²) in [5, 5.41) is 2.92. The lowest BCUT2D eigenvalue weighted by Gasteiger charge is -2.27. The SMILES string of the molecule is CC(=O)c1cccc(NC(=O)C2C3CCC(C3)C2N)c1.Cl. The number of amides is 1. The van der Waals surface area contributed by atoms with E-state index in [1.165, 1.54) is 6.92 Å². The molecule has 114 valence electrons.